The Bertz CT molecular complexity index is 1220. The summed E-state index contributed by atoms with van der Waals surface area (Å²) in [6.07, 6.45) is 11.8. The normalized spacial score (nSPS) is 16.4. The van der Waals surface area contributed by atoms with Crippen LogP contribution < -0.4 is 0 Å². The molecule has 4 rings (SSSR count). The van der Waals surface area contributed by atoms with Crippen LogP contribution >= 0.6 is 0 Å². The first-order valence-electron chi connectivity index (χ1n) is 15.3. The first-order valence-corrected chi connectivity index (χ1v) is 16.6. The van der Waals surface area contributed by atoms with E-state index in [1.807, 2.05) is 60.7 Å². The number of carbonyl (C=O) groups is 3. The quantitative estimate of drug-likeness (QED) is 0.168. The number of aliphatic carboxylic acids is 1. The van der Waals surface area contributed by atoms with Crippen molar-refractivity contribution in [3.05, 3.63) is 71.8 Å². The highest BCUT2D eigenvalue weighted by Gasteiger charge is 2.32. The van der Waals surface area contributed by atoms with E-state index < -0.39 is 28.9 Å². The van der Waals surface area contributed by atoms with E-state index in [4.69, 9.17) is 15.1 Å². The number of aliphatic hydroxyl groups is 1. The van der Waals surface area contributed by atoms with E-state index in [0.29, 0.717) is 11.8 Å². The van der Waals surface area contributed by atoms with Gasteiger partial charge in [-0.15, -0.1) is 0 Å². The van der Waals surface area contributed by atoms with Crippen LogP contribution in [0.4, 0.5) is 0 Å². The van der Waals surface area contributed by atoms with Crippen LogP contribution in [0.1, 0.15) is 88.6 Å². The molecule has 2 atom stereocenters. The predicted molar refractivity (Wildman–Crippen MR) is 172 cm³/mol. The molecule has 2 aliphatic carbocycles. The second kappa shape index (κ2) is 23.0. The summed E-state index contributed by atoms with van der Waals surface area (Å²) < 4.78 is 34.8. The number of ether oxygens (including phenoxy) is 2. The number of carboxylic acid groups (broad SMARTS) is 1. The average molecular weight is 671 g/mol. The lowest BCUT2D eigenvalue weighted by atomic mass is 9.77. The van der Waals surface area contributed by atoms with E-state index in [-0.39, 0.29) is 19.2 Å². The minimum atomic E-state index is -4.10. The monoisotopic (exact) mass is 670 g/mol. The molecule has 0 aliphatic heterocycles. The van der Waals surface area contributed by atoms with E-state index in [0.717, 1.165) is 43.9 Å². The summed E-state index contributed by atoms with van der Waals surface area (Å²) in [6, 6.07) is 19.7. The molecule has 0 aromatic heterocycles. The van der Waals surface area contributed by atoms with Gasteiger partial charge in [-0.2, -0.15) is 8.42 Å². The molecule has 2 saturated carbocycles. The average Bonchev–Trinajstić information content (AvgIpc) is 3.10. The fourth-order valence-electron chi connectivity index (χ4n) is 5.69. The third-order valence-electron chi connectivity index (χ3n) is 7.93. The van der Waals surface area contributed by atoms with Gasteiger partial charge in [0, 0.05) is 1.43 Å². The Hall–Kier alpha value is -3.36. The molecule has 2 aromatic rings. The van der Waals surface area contributed by atoms with Gasteiger partial charge in [0.1, 0.15) is 6.61 Å². The molecule has 260 valence electrons. The molecule has 2 aliphatic rings. The summed E-state index contributed by atoms with van der Waals surface area (Å²) in [5.41, 5.74) is 2.06. The molecule has 0 radical (unpaired) electrons. The van der Waals surface area contributed by atoms with Crippen LogP contribution in [-0.2, 0) is 42.8 Å². The van der Waals surface area contributed by atoms with E-state index in [9.17, 15) is 27.9 Å². The zero-order valence-electron chi connectivity index (χ0n) is 26.8. The molecule has 0 heterocycles. The van der Waals surface area contributed by atoms with E-state index in [1.54, 1.807) is 0 Å². The number of carboxylic acids is 1. The molecule has 0 saturated heterocycles. The SMILES string of the molecule is COC(=O)C(c1ccccc1)C1CCCCC1.COC(=O)CO.COS(=O)(=O)OO.O=C(O)C(c1ccccc1)C1CCCCC1.[HH]. The number of methoxy groups -OCH3 is 2. The van der Waals surface area contributed by atoms with Gasteiger partial charge in [0.25, 0.3) is 0 Å². The third-order valence-corrected chi connectivity index (χ3v) is 8.52. The molecular formula is C33H50O12S. The topological polar surface area (TPSA) is 183 Å². The summed E-state index contributed by atoms with van der Waals surface area (Å²) in [5, 5.41) is 24.6. The summed E-state index contributed by atoms with van der Waals surface area (Å²) in [5.74, 6) is -0.938. The molecule has 2 unspecified atom stereocenters. The van der Waals surface area contributed by atoms with Gasteiger partial charge in [0.15, 0.2) is 0 Å². The van der Waals surface area contributed by atoms with Crippen LogP contribution in [0, 0.1) is 11.8 Å². The summed E-state index contributed by atoms with van der Waals surface area (Å²) in [7, 11) is -0.527. The molecule has 0 spiro atoms. The zero-order chi connectivity index (χ0) is 34.4. The summed E-state index contributed by atoms with van der Waals surface area (Å²) in [6.45, 7) is -0.531. The van der Waals surface area contributed by atoms with Gasteiger partial charge in [-0.3, -0.25) is 9.59 Å². The number of hydrogen-bond acceptors (Lipinski definition) is 11. The van der Waals surface area contributed by atoms with Crippen LogP contribution in [0.15, 0.2) is 60.7 Å². The van der Waals surface area contributed by atoms with Crippen molar-refractivity contribution >= 4 is 28.3 Å². The molecular weight excluding hydrogens is 620 g/mol. The Morgan fingerprint density at radius 2 is 1.15 bits per heavy atom. The number of hydrogen-bond donors (Lipinski definition) is 3. The molecule has 3 N–H and O–H groups in total. The highest BCUT2D eigenvalue weighted by atomic mass is 32.3. The molecule has 0 amide bonds. The third kappa shape index (κ3) is 15.3. The maximum Gasteiger partial charge on any atom is 0.426 e. The van der Waals surface area contributed by atoms with Gasteiger partial charge in [-0.05, 0) is 48.6 Å². The molecule has 46 heavy (non-hydrogen) atoms. The van der Waals surface area contributed by atoms with Crippen LogP contribution in [0.5, 0.6) is 0 Å². The first-order chi connectivity index (χ1) is 22.0. The first kappa shape index (κ1) is 40.7. The van der Waals surface area contributed by atoms with Gasteiger partial charge in [-0.1, -0.05) is 104 Å². The second-order valence-electron chi connectivity index (χ2n) is 10.8. The highest BCUT2D eigenvalue weighted by molar-refractivity contribution is 7.81. The molecule has 13 heteroatoms. The van der Waals surface area contributed by atoms with Crippen LogP contribution in [0.3, 0.4) is 0 Å². The van der Waals surface area contributed by atoms with E-state index in [2.05, 4.69) is 13.3 Å². The molecule has 2 aromatic carbocycles. The lowest BCUT2D eigenvalue weighted by Crippen LogP contribution is -2.24. The Balaban J connectivity index is 0.000000653. The van der Waals surface area contributed by atoms with E-state index in [1.165, 1.54) is 52.7 Å². The number of rotatable bonds is 9. The highest BCUT2D eigenvalue weighted by Crippen LogP contribution is 2.37. The lowest BCUT2D eigenvalue weighted by molar-refractivity contribution is -0.144. The van der Waals surface area contributed by atoms with Gasteiger partial charge >= 0.3 is 28.3 Å². The zero-order valence-corrected chi connectivity index (χ0v) is 27.6. The minimum Gasteiger partial charge on any atom is -0.481 e. The summed E-state index contributed by atoms with van der Waals surface area (Å²) >= 11 is 0. The number of esters is 2. The maximum atomic E-state index is 12.0. The number of aliphatic hydroxyl groups excluding tert-OH is 1. The van der Waals surface area contributed by atoms with Crippen molar-refractivity contribution < 1.29 is 57.7 Å². The standard InChI is InChI=1S/C15H20O2.C14H18O2.C3H6O3.CH4O5S.H2/c1-17-15(16)14(12-8-4-2-5-9-12)13-10-6-3-7-11-13;15-14(16)13(11-7-3-1-4-8-11)12-9-5-2-6-10-12;1-6-3(5)2-4;1-5-7(3,4)6-2;/h2,4-5,8-9,13-14H,3,6-7,10-11H2,1H3;1,3-4,7-8,12-13H,2,5-6,9-10H2,(H,15,16);4H,2H2,1H3;2H,1H3;1H. The van der Waals surface area contributed by atoms with Crippen LogP contribution in [0.2, 0.25) is 0 Å². The minimum absolute atomic E-state index is 0. The summed E-state index contributed by atoms with van der Waals surface area (Å²) in [4.78, 5) is 33.1. The van der Waals surface area contributed by atoms with E-state index >= 15 is 0 Å². The number of benzene rings is 2. The van der Waals surface area contributed by atoms with Crippen molar-refractivity contribution in [2.75, 3.05) is 27.9 Å². The van der Waals surface area contributed by atoms with Gasteiger partial charge in [0.2, 0.25) is 0 Å². The molecule has 0 bridgehead atoms. The fraction of sp³-hybridized carbons (Fsp3) is 0.545. The lowest BCUT2D eigenvalue weighted by Gasteiger charge is -2.28. The fourth-order valence-corrected chi connectivity index (χ4v) is 5.76. The van der Waals surface area contributed by atoms with Crippen LogP contribution in [-0.4, -0.2) is 69.7 Å². The van der Waals surface area contributed by atoms with Crippen molar-refractivity contribution in [1.29, 1.82) is 0 Å². The molecule has 2 fully saturated rings. The number of carbonyl (C=O) groups excluding carboxylic acids is 2. The predicted octanol–water partition coefficient (Wildman–Crippen LogP) is 5.72. The van der Waals surface area contributed by atoms with Crippen molar-refractivity contribution in [2.45, 2.75) is 76.0 Å². The van der Waals surface area contributed by atoms with Gasteiger partial charge in [0.05, 0.1) is 33.2 Å². The Kier molecular flexibility index (Phi) is 20.4. The Labute approximate surface area is 273 Å². The van der Waals surface area contributed by atoms with Crippen molar-refractivity contribution in [3.8, 4) is 0 Å². The maximum absolute atomic E-state index is 12.0. The van der Waals surface area contributed by atoms with Gasteiger partial charge in [-0.25, -0.2) is 14.2 Å². The Morgan fingerprint density at radius 1 is 0.739 bits per heavy atom. The van der Waals surface area contributed by atoms with Crippen molar-refractivity contribution in [1.82, 2.24) is 0 Å². The van der Waals surface area contributed by atoms with Crippen LogP contribution in [0.25, 0.3) is 0 Å². The second-order valence-corrected chi connectivity index (χ2v) is 12.1. The largest absolute Gasteiger partial charge is 0.481 e. The smallest absolute Gasteiger partial charge is 0.426 e. The Morgan fingerprint density at radius 3 is 1.43 bits per heavy atom. The van der Waals surface area contributed by atoms with Gasteiger partial charge < -0.3 is 19.7 Å². The molecule has 12 nitrogen and oxygen atoms in total. The van der Waals surface area contributed by atoms with Crippen molar-refractivity contribution in [2.24, 2.45) is 11.8 Å². The van der Waals surface area contributed by atoms with Crippen molar-refractivity contribution in [3.63, 3.8) is 0 Å².